The maximum Gasteiger partial charge on any atom is 0.417 e. The molecule has 10 nitrogen and oxygen atoms in total. The van der Waals surface area contributed by atoms with Crippen molar-refractivity contribution < 1.29 is 43.5 Å². The minimum atomic E-state index is -1.90. The first-order chi connectivity index (χ1) is 15.8. The highest BCUT2D eigenvalue weighted by molar-refractivity contribution is 9.11. The predicted octanol–water partition coefficient (Wildman–Crippen LogP) is 1.45. The number of aliphatic hydroxyl groups excluding tert-OH is 1. The molecule has 2 N–H and O–H groups in total. The summed E-state index contributed by atoms with van der Waals surface area (Å²) < 4.78 is 21.4. The van der Waals surface area contributed by atoms with E-state index in [-0.39, 0.29) is 37.3 Å². The lowest BCUT2D eigenvalue weighted by Gasteiger charge is -2.38. The van der Waals surface area contributed by atoms with Crippen molar-refractivity contribution in [2.75, 3.05) is 33.5 Å². The first-order valence-electron chi connectivity index (χ1n) is 10.4. The average molecular weight is 528 g/mol. The molecule has 180 valence electrons. The maximum absolute atomic E-state index is 13.4. The molecule has 4 unspecified atom stereocenters. The number of nitrogens with zero attached hydrogens (tertiary/aromatic N) is 1. The third kappa shape index (κ3) is 5.68. The van der Waals surface area contributed by atoms with Gasteiger partial charge in [-0.3, -0.25) is 9.59 Å². The van der Waals surface area contributed by atoms with Gasteiger partial charge in [0.25, 0.3) is 5.91 Å². The standard InChI is InChI=1S/C22H26BrNO9/c1-30-19(20(27)24-15(13-32-21(24)28)14-6-3-2-4-7-14)18-16(26)12-17(23)22(29,33-18)8-5-10-31-11-9-25/h2-4,6-7,12,15,18-19,25,29H,5,8-11,13H2,1H3. The van der Waals surface area contributed by atoms with Gasteiger partial charge in [0.2, 0.25) is 0 Å². The lowest BCUT2D eigenvalue weighted by molar-refractivity contribution is -0.227. The summed E-state index contributed by atoms with van der Waals surface area (Å²) in [5.41, 5.74) is 0.685. The number of cyclic esters (lactones) is 1. The second kappa shape index (κ2) is 11.3. The van der Waals surface area contributed by atoms with Gasteiger partial charge in [-0.05, 0) is 34.0 Å². The highest BCUT2D eigenvalue weighted by atomic mass is 79.9. The molecule has 1 fully saturated rings. The van der Waals surface area contributed by atoms with Crippen molar-refractivity contribution in [3.05, 3.63) is 46.5 Å². The number of imide groups is 1. The number of methoxy groups -OCH3 is 1. The second-order valence-electron chi connectivity index (χ2n) is 7.52. The minimum absolute atomic E-state index is 0.0340. The van der Waals surface area contributed by atoms with Gasteiger partial charge in [0.15, 0.2) is 23.8 Å². The van der Waals surface area contributed by atoms with Crippen LogP contribution in [0, 0.1) is 0 Å². The zero-order valence-corrected chi connectivity index (χ0v) is 19.6. The molecule has 0 radical (unpaired) electrons. The number of hydrogen-bond donors (Lipinski definition) is 2. The molecule has 0 saturated carbocycles. The summed E-state index contributed by atoms with van der Waals surface area (Å²) in [5.74, 6) is -3.32. The molecule has 3 rings (SSSR count). The van der Waals surface area contributed by atoms with E-state index in [0.29, 0.717) is 12.0 Å². The van der Waals surface area contributed by atoms with Gasteiger partial charge in [-0.1, -0.05) is 30.3 Å². The average Bonchev–Trinajstić information content (AvgIpc) is 3.19. The van der Waals surface area contributed by atoms with Crippen LogP contribution in [-0.2, 0) is 28.5 Å². The van der Waals surface area contributed by atoms with E-state index >= 15 is 0 Å². The van der Waals surface area contributed by atoms with E-state index in [1.54, 1.807) is 30.3 Å². The van der Waals surface area contributed by atoms with Crippen LogP contribution in [0.5, 0.6) is 0 Å². The van der Waals surface area contributed by atoms with E-state index < -0.39 is 41.8 Å². The maximum atomic E-state index is 13.4. The Labute approximate surface area is 199 Å². The van der Waals surface area contributed by atoms with Crippen molar-refractivity contribution in [1.29, 1.82) is 0 Å². The summed E-state index contributed by atoms with van der Waals surface area (Å²) in [6.45, 7) is 0.248. The number of benzene rings is 1. The van der Waals surface area contributed by atoms with E-state index in [4.69, 9.17) is 24.1 Å². The number of halogens is 1. The van der Waals surface area contributed by atoms with Crippen LogP contribution >= 0.6 is 15.9 Å². The van der Waals surface area contributed by atoms with E-state index in [0.717, 1.165) is 11.0 Å². The molecule has 1 aromatic carbocycles. The summed E-state index contributed by atoms with van der Waals surface area (Å²) in [5, 5.41) is 19.8. The Balaban J connectivity index is 1.78. The minimum Gasteiger partial charge on any atom is -0.446 e. The van der Waals surface area contributed by atoms with Gasteiger partial charge in [0.1, 0.15) is 12.6 Å². The Morgan fingerprint density at radius 3 is 2.70 bits per heavy atom. The normalized spacial score (nSPS) is 26.2. The summed E-state index contributed by atoms with van der Waals surface area (Å²) in [7, 11) is 1.22. The Kier molecular flexibility index (Phi) is 8.74. The van der Waals surface area contributed by atoms with Gasteiger partial charge in [-0.25, -0.2) is 9.69 Å². The van der Waals surface area contributed by atoms with Crippen molar-refractivity contribution in [2.24, 2.45) is 0 Å². The quantitative estimate of drug-likeness (QED) is 0.433. The molecular weight excluding hydrogens is 502 g/mol. The number of carbonyl (C=O) groups is 3. The van der Waals surface area contributed by atoms with Crippen molar-refractivity contribution >= 4 is 33.7 Å². The zero-order chi connectivity index (χ0) is 24.0. The molecule has 0 bridgehead atoms. The fraction of sp³-hybridized carbons (Fsp3) is 0.500. The van der Waals surface area contributed by atoms with Crippen LogP contribution in [0.2, 0.25) is 0 Å². The molecule has 2 heterocycles. The van der Waals surface area contributed by atoms with Crippen molar-refractivity contribution in [3.63, 3.8) is 0 Å². The smallest absolute Gasteiger partial charge is 0.417 e. The zero-order valence-electron chi connectivity index (χ0n) is 18.0. The summed E-state index contributed by atoms with van der Waals surface area (Å²) in [6, 6.07) is 8.18. The molecule has 1 aromatic rings. The number of aliphatic hydroxyl groups is 2. The van der Waals surface area contributed by atoms with Crippen LogP contribution in [0.1, 0.15) is 24.4 Å². The molecular formula is C22H26BrNO9. The van der Waals surface area contributed by atoms with E-state index in [1.165, 1.54) is 7.11 Å². The topological polar surface area (TPSA) is 132 Å². The Bertz CT molecular complexity index is 893. The summed E-state index contributed by atoms with van der Waals surface area (Å²) >= 11 is 3.16. The third-order valence-corrected chi connectivity index (χ3v) is 6.20. The van der Waals surface area contributed by atoms with Crippen molar-refractivity contribution in [1.82, 2.24) is 4.90 Å². The van der Waals surface area contributed by atoms with Gasteiger partial charge in [-0.15, -0.1) is 0 Å². The van der Waals surface area contributed by atoms with Crippen molar-refractivity contribution in [2.45, 2.75) is 36.9 Å². The Morgan fingerprint density at radius 2 is 2.03 bits per heavy atom. The predicted molar refractivity (Wildman–Crippen MR) is 117 cm³/mol. The van der Waals surface area contributed by atoms with Crippen LogP contribution in [0.15, 0.2) is 40.9 Å². The number of ketones is 1. The van der Waals surface area contributed by atoms with E-state index in [9.17, 15) is 19.5 Å². The number of carbonyl (C=O) groups excluding carboxylic acids is 3. The number of hydrogen-bond acceptors (Lipinski definition) is 9. The molecule has 0 spiro atoms. The van der Waals surface area contributed by atoms with Gasteiger partial charge in [0.05, 0.1) is 17.7 Å². The SMILES string of the molecule is COC(C(=O)N1C(=O)OCC1c1ccccc1)C1OC(O)(CCCOCCO)C(Br)=CC1=O. The summed E-state index contributed by atoms with van der Waals surface area (Å²) in [6.07, 6.45) is -2.31. The lowest BCUT2D eigenvalue weighted by Crippen LogP contribution is -2.55. The number of ether oxygens (including phenoxy) is 4. The molecule has 4 atom stereocenters. The second-order valence-corrected chi connectivity index (χ2v) is 8.38. The van der Waals surface area contributed by atoms with Gasteiger partial charge < -0.3 is 29.2 Å². The van der Waals surface area contributed by atoms with Crippen LogP contribution in [-0.4, -0.2) is 84.4 Å². The third-order valence-electron chi connectivity index (χ3n) is 5.35. The Morgan fingerprint density at radius 1 is 1.30 bits per heavy atom. The molecule has 2 aliphatic heterocycles. The van der Waals surface area contributed by atoms with E-state index in [2.05, 4.69) is 15.9 Å². The first-order valence-corrected chi connectivity index (χ1v) is 11.2. The van der Waals surface area contributed by atoms with Crippen LogP contribution < -0.4 is 0 Å². The first kappa shape index (κ1) is 25.5. The molecule has 11 heteroatoms. The molecule has 2 aliphatic rings. The lowest BCUT2D eigenvalue weighted by atomic mass is 9.99. The molecule has 0 aliphatic carbocycles. The summed E-state index contributed by atoms with van der Waals surface area (Å²) in [4.78, 5) is 39.4. The highest BCUT2D eigenvalue weighted by Gasteiger charge is 2.50. The van der Waals surface area contributed by atoms with Crippen molar-refractivity contribution in [3.8, 4) is 0 Å². The fourth-order valence-electron chi connectivity index (χ4n) is 3.69. The molecule has 1 saturated heterocycles. The molecule has 2 amide bonds. The van der Waals surface area contributed by atoms with Crippen LogP contribution in [0.3, 0.4) is 0 Å². The van der Waals surface area contributed by atoms with Crippen LogP contribution in [0.25, 0.3) is 0 Å². The number of rotatable bonds is 10. The highest BCUT2D eigenvalue weighted by Crippen LogP contribution is 2.37. The molecule has 0 aromatic heterocycles. The fourth-order valence-corrected chi connectivity index (χ4v) is 4.21. The van der Waals surface area contributed by atoms with Gasteiger partial charge in [0, 0.05) is 20.1 Å². The van der Waals surface area contributed by atoms with Gasteiger partial charge >= 0.3 is 6.09 Å². The van der Waals surface area contributed by atoms with E-state index in [1.807, 2.05) is 0 Å². The van der Waals surface area contributed by atoms with Crippen LogP contribution in [0.4, 0.5) is 4.79 Å². The van der Waals surface area contributed by atoms with Gasteiger partial charge in [-0.2, -0.15) is 0 Å². The number of amides is 2. The molecule has 33 heavy (non-hydrogen) atoms. The Hall–Kier alpha value is -2.15. The monoisotopic (exact) mass is 527 g/mol. The largest absolute Gasteiger partial charge is 0.446 e.